The summed E-state index contributed by atoms with van der Waals surface area (Å²) in [6.07, 6.45) is 3.98. The molecule has 3 nitrogen and oxygen atoms in total. The topological polar surface area (TPSA) is 38.5 Å². The van der Waals surface area contributed by atoms with E-state index in [4.69, 9.17) is 10.5 Å². The van der Waals surface area contributed by atoms with Crippen LogP contribution in [0.15, 0.2) is 18.2 Å². The van der Waals surface area contributed by atoms with Gasteiger partial charge in [-0.2, -0.15) is 0 Å². The zero-order valence-electron chi connectivity index (χ0n) is 10.4. The van der Waals surface area contributed by atoms with Gasteiger partial charge in [-0.15, -0.1) is 0 Å². The Hall–Kier alpha value is -1.13. The van der Waals surface area contributed by atoms with Crippen molar-refractivity contribution in [2.24, 2.45) is 0 Å². The highest BCUT2D eigenvalue weighted by Crippen LogP contribution is 2.30. The number of fused-ring (bicyclic) bond motifs is 1. The van der Waals surface area contributed by atoms with Crippen molar-refractivity contribution in [1.29, 1.82) is 0 Å². The van der Waals surface area contributed by atoms with Crippen LogP contribution in [-0.2, 0) is 11.3 Å². The molecule has 2 aliphatic rings. The highest BCUT2D eigenvalue weighted by atomic mass is 19.1. The molecule has 0 radical (unpaired) electrons. The first-order valence-electron chi connectivity index (χ1n) is 6.63. The third-order valence-corrected chi connectivity index (χ3v) is 4.05. The summed E-state index contributed by atoms with van der Waals surface area (Å²) >= 11 is 0. The molecule has 0 amide bonds. The van der Waals surface area contributed by atoms with Crippen molar-refractivity contribution in [3.8, 4) is 0 Å². The molecule has 2 N–H and O–H groups in total. The van der Waals surface area contributed by atoms with Gasteiger partial charge < -0.3 is 10.5 Å². The maximum absolute atomic E-state index is 13.4. The van der Waals surface area contributed by atoms with E-state index in [0.717, 1.165) is 31.7 Å². The second kappa shape index (κ2) is 4.86. The summed E-state index contributed by atoms with van der Waals surface area (Å²) in [5.74, 6) is -0.316. The fourth-order valence-electron chi connectivity index (χ4n) is 3.11. The first kappa shape index (κ1) is 11.9. The summed E-state index contributed by atoms with van der Waals surface area (Å²) in [6, 6.07) is 5.63. The van der Waals surface area contributed by atoms with Gasteiger partial charge in [-0.25, -0.2) is 4.39 Å². The van der Waals surface area contributed by atoms with Crippen LogP contribution in [0.5, 0.6) is 0 Å². The highest BCUT2D eigenvalue weighted by Gasteiger charge is 2.35. The van der Waals surface area contributed by atoms with E-state index in [0.29, 0.717) is 12.1 Å². The Morgan fingerprint density at radius 2 is 2.28 bits per heavy atom. The first-order chi connectivity index (χ1) is 8.74. The summed E-state index contributed by atoms with van der Waals surface area (Å²) in [4.78, 5) is 2.42. The van der Waals surface area contributed by atoms with Crippen molar-refractivity contribution < 1.29 is 9.13 Å². The lowest BCUT2D eigenvalue weighted by molar-refractivity contribution is -0.0588. The zero-order valence-corrected chi connectivity index (χ0v) is 10.4. The van der Waals surface area contributed by atoms with Crippen molar-refractivity contribution in [3.05, 3.63) is 29.6 Å². The third-order valence-electron chi connectivity index (χ3n) is 4.05. The molecular formula is C14H19FN2O. The van der Waals surface area contributed by atoms with E-state index in [-0.39, 0.29) is 11.5 Å². The van der Waals surface area contributed by atoms with Crippen LogP contribution in [-0.4, -0.2) is 30.2 Å². The Balaban J connectivity index is 1.73. The van der Waals surface area contributed by atoms with E-state index in [9.17, 15) is 4.39 Å². The fourth-order valence-corrected chi connectivity index (χ4v) is 3.11. The number of ether oxygens (including phenoxy) is 1. The summed E-state index contributed by atoms with van der Waals surface area (Å²) < 4.78 is 19.2. The standard InChI is InChI=1S/C14H19FN2O/c15-11-8-10(4-5-12(11)16)9-17-6-7-18-14-3-1-2-13(14)17/h4-5,8,13-14H,1-3,6-7,9,16H2. The van der Waals surface area contributed by atoms with E-state index in [1.807, 2.05) is 6.07 Å². The van der Waals surface area contributed by atoms with Crippen molar-refractivity contribution >= 4 is 5.69 Å². The predicted molar refractivity (Wildman–Crippen MR) is 68.6 cm³/mol. The number of nitrogens with two attached hydrogens (primary N) is 1. The molecule has 0 spiro atoms. The molecule has 0 bridgehead atoms. The lowest BCUT2D eigenvalue weighted by Crippen LogP contribution is -2.47. The van der Waals surface area contributed by atoms with Crippen LogP contribution in [0.1, 0.15) is 24.8 Å². The monoisotopic (exact) mass is 250 g/mol. The smallest absolute Gasteiger partial charge is 0.146 e. The molecule has 98 valence electrons. The van der Waals surface area contributed by atoms with Gasteiger partial charge in [0.2, 0.25) is 0 Å². The number of rotatable bonds is 2. The van der Waals surface area contributed by atoms with E-state index in [1.165, 1.54) is 12.8 Å². The van der Waals surface area contributed by atoms with Crippen molar-refractivity contribution in [1.82, 2.24) is 4.90 Å². The second-order valence-electron chi connectivity index (χ2n) is 5.23. The lowest BCUT2D eigenvalue weighted by Gasteiger charge is -2.37. The number of nitrogen functional groups attached to an aromatic ring is 1. The molecule has 1 aromatic rings. The summed E-state index contributed by atoms with van der Waals surface area (Å²) in [5.41, 5.74) is 6.72. The SMILES string of the molecule is Nc1ccc(CN2CCOC3CCCC32)cc1F. The van der Waals surface area contributed by atoms with Crippen LogP contribution < -0.4 is 5.73 Å². The van der Waals surface area contributed by atoms with Crippen molar-refractivity contribution in [2.45, 2.75) is 38.0 Å². The van der Waals surface area contributed by atoms with Crippen LogP contribution >= 0.6 is 0 Å². The fraction of sp³-hybridized carbons (Fsp3) is 0.571. The van der Waals surface area contributed by atoms with Gasteiger partial charge in [0, 0.05) is 19.1 Å². The summed E-state index contributed by atoms with van der Waals surface area (Å²) in [5, 5.41) is 0. The average Bonchev–Trinajstić information content (AvgIpc) is 2.83. The maximum atomic E-state index is 13.4. The maximum Gasteiger partial charge on any atom is 0.146 e. The van der Waals surface area contributed by atoms with Crippen LogP contribution in [0.25, 0.3) is 0 Å². The molecule has 1 saturated carbocycles. The predicted octanol–water partition coefficient (Wildman–Crippen LogP) is 2.16. The second-order valence-corrected chi connectivity index (χ2v) is 5.23. The normalized spacial score (nSPS) is 28.3. The minimum atomic E-state index is -0.316. The largest absolute Gasteiger partial charge is 0.396 e. The van der Waals surface area contributed by atoms with Gasteiger partial charge in [0.1, 0.15) is 5.82 Å². The Labute approximate surface area is 107 Å². The average molecular weight is 250 g/mol. The molecule has 1 heterocycles. The molecule has 3 rings (SSSR count). The van der Waals surface area contributed by atoms with Gasteiger partial charge in [0.05, 0.1) is 18.4 Å². The van der Waals surface area contributed by atoms with Gasteiger partial charge in [0.25, 0.3) is 0 Å². The highest BCUT2D eigenvalue weighted by molar-refractivity contribution is 5.41. The lowest BCUT2D eigenvalue weighted by atomic mass is 10.1. The quantitative estimate of drug-likeness (QED) is 0.817. The molecule has 2 fully saturated rings. The molecule has 4 heteroatoms. The first-order valence-corrected chi connectivity index (χ1v) is 6.63. The molecule has 2 atom stereocenters. The number of anilines is 1. The molecule has 18 heavy (non-hydrogen) atoms. The molecule has 1 aliphatic heterocycles. The minimum Gasteiger partial charge on any atom is -0.396 e. The summed E-state index contributed by atoms with van der Waals surface area (Å²) in [6.45, 7) is 2.52. The number of hydrogen-bond acceptors (Lipinski definition) is 3. The number of nitrogens with zero attached hydrogens (tertiary/aromatic N) is 1. The van der Waals surface area contributed by atoms with Crippen LogP contribution in [0.4, 0.5) is 10.1 Å². The number of benzene rings is 1. The molecule has 0 aromatic heterocycles. The Morgan fingerprint density at radius 1 is 1.39 bits per heavy atom. The van der Waals surface area contributed by atoms with Crippen LogP contribution in [0.2, 0.25) is 0 Å². The number of morpholine rings is 1. The van der Waals surface area contributed by atoms with Crippen LogP contribution in [0.3, 0.4) is 0 Å². The van der Waals surface area contributed by atoms with Gasteiger partial charge in [-0.3, -0.25) is 4.90 Å². The molecular weight excluding hydrogens is 231 g/mol. The number of halogens is 1. The Kier molecular flexibility index (Phi) is 3.22. The van der Waals surface area contributed by atoms with Gasteiger partial charge in [-0.1, -0.05) is 6.07 Å². The van der Waals surface area contributed by atoms with E-state index in [2.05, 4.69) is 4.90 Å². The number of hydrogen-bond donors (Lipinski definition) is 1. The van der Waals surface area contributed by atoms with Crippen molar-refractivity contribution in [2.75, 3.05) is 18.9 Å². The van der Waals surface area contributed by atoms with E-state index < -0.39 is 0 Å². The molecule has 1 aliphatic carbocycles. The Morgan fingerprint density at radius 3 is 3.11 bits per heavy atom. The van der Waals surface area contributed by atoms with Gasteiger partial charge >= 0.3 is 0 Å². The molecule has 1 aromatic carbocycles. The van der Waals surface area contributed by atoms with Gasteiger partial charge in [0.15, 0.2) is 0 Å². The molecule has 2 unspecified atom stereocenters. The van der Waals surface area contributed by atoms with Crippen molar-refractivity contribution in [3.63, 3.8) is 0 Å². The third kappa shape index (κ3) is 2.22. The summed E-state index contributed by atoms with van der Waals surface area (Å²) in [7, 11) is 0. The van der Waals surface area contributed by atoms with Crippen LogP contribution in [0, 0.1) is 5.82 Å². The van der Waals surface area contributed by atoms with E-state index >= 15 is 0 Å². The minimum absolute atomic E-state index is 0.222. The van der Waals surface area contributed by atoms with Gasteiger partial charge in [-0.05, 0) is 37.0 Å². The Bertz CT molecular complexity index is 438. The zero-order chi connectivity index (χ0) is 12.5. The van der Waals surface area contributed by atoms with E-state index in [1.54, 1.807) is 12.1 Å². The molecule has 1 saturated heterocycles.